The van der Waals surface area contributed by atoms with Crippen LogP contribution in [0.15, 0.2) is 60.8 Å². The van der Waals surface area contributed by atoms with Crippen molar-refractivity contribution in [1.29, 1.82) is 0 Å². The largest absolute Gasteiger partial charge is 0.497 e. The number of ether oxygens (including phenoxy) is 4. The molecule has 3 rings (SSSR count). The van der Waals surface area contributed by atoms with Crippen molar-refractivity contribution < 1.29 is 28.5 Å². The highest BCUT2D eigenvalue weighted by molar-refractivity contribution is 7.80. The van der Waals surface area contributed by atoms with Gasteiger partial charge in [-0.3, -0.25) is 14.5 Å². The van der Waals surface area contributed by atoms with Crippen LogP contribution in [0.5, 0.6) is 17.2 Å². The average Bonchev–Trinajstić information content (AvgIpc) is 3.06. The first-order valence-electron chi connectivity index (χ1n) is 9.93. The van der Waals surface area contributed by atoms with Crippen molar-refractivity contribution in [3.05, 3.63) is 66.4 Å². The molecule has 0 bridgehead atoms. The first-order valence-corrected chi connectivity index (χ1v) is 10.3. The highest BCUT2D eigenvalue weighted by Gasteiger charge is 2.40. The van der Waals surface area contributed by atoms with Gasteiger partial charge >= 0.3 is 5.97 Å². The second-order valence-electron chi connectivity index (χ2n) is 6.82. The van der Waals surface area contributed by atoms with Crippen LogP contribution in [0.3, 0.4) is 0 Å². The van der Waals surface area contributed by atoms with Gasteiger partial charge < -0.3 is 23.8 Å². The summed E-state index contributed by atoms with van der Waals surface area (Å²) in [6.45, 7) is 3.75. The molecule has 8 nitrogen and oxygen atoms in total. The smallest absolute Gasteiger partial charge is 0.325 e. The number of amides is 1. The van der Waals surface area contributed by atoms with Crippen molar-refractivity contribution in [2.45, 2.75) is 0 Å². The molecule has 0 radical (unpaired) electrons. The quantitative estimate of drug-likeness (QED) is 0.240. The lowest BCUT2D eigenvalue weighted by molar-refractivity contribution is -0.140. The fourth-order valence-corrected chi connectivity index (χ4v) is 3.54. The van der Waals surface area contributed by atoms with Gasteiger partial charge in [0.15, 0.2) is 16.6 Å². The highest BCUT2D eigenvalue weighted by atomic mass is 32.1. The van der Waals surface area contributed by atoms with Crippen LogP contribution in [0.4, 0.5) is 5.69 Å². The highest BCUT2D eigenvalue weighted by Crippen LogP contribution is 2.33. The monoisotopic (exact) mass is 468 g/mol. The fourth-order valence-electron chi connectivity index (χ4n) is 3.19. The van der Waals surface area contributed by atoms with E-state index in [1.807, 2.05) is 0 Å². The summed E-state index contributed by atoms with van der Waals surface area (Å²) in [6, 6.07) is 12.1. The molecule has 0 saturated carbocycles. The Labute approximate surface area is 197 Å². The van der Waals surface area contributed by atoms with E-state index in [2.05, 4.69) is 6.58 Å². The van der Waals surface area contributed by atoms with Gasteiger partial charge in [-0.2, -0.15) is 0 Å². The van der Waals surface area contributed by atoms with Gasteiger partial charge in [0, 0.05) is 0 Å². The summed E-state index contributed by atoms with van der Waals surface area (Å²) in [7, 11) is 4.36. The molecule has 0 atom stereocenters. The van der Waals surface area contributed by atoms with E-state index in [-0.39, 0.29) is 23.3 Å². The van der Waals surface area contributed by atoms with Crippen LogP contribution < -0.4 is 19.1 Å². The average molecular weight is 469 g/mol. The van der Waals surface area contributed by atoms with Crippen LogP contribution in [-0.2, 0) is 14.3 Å². The minimum Gasteiger partial charge on any atom is -0.497 e. The Balaban J connectivity index is 2.01. The van der Waals surface area contributed by atoms with E-state index in [1.165, 1.54) is 24.0 Å². The molecule has 0 unspecified atom stereocenters. The lowest BCUT2D eigenvalue weighted by Crippen LogP contribution is -2.35. The zero-order valence-electron chi connectivity index (χ0n) is 18.6. The van der Waals surface area contributed by atoms with Crippen molar-refractivity contribution >= 4 is 41.0 Å². The number of hydrogen-bond donors (Lipinski definition) is 0. The summed E-state index contributed by atoms with van der Waals surface area (Å²) in [5, 5.41) is 0.166. The molecule has 172 valence electrons. The number of rotatable bonds is 9. The maximum absolute atomic E-state index is 13.4. The number of carbonyl (C=O) groups is 2. The fraction of sp³-hybridized carbons (Fsp3) is 0.208. The molecular weight excluding hydrogens is 444 g/mol. The van der Waals surface area contributed by atoms with Crippen molar-refractivity contribution in [2.75, 3.05) is 39.4 Å². The topological polar surface area (TPSA) is 77.5 Å². The summed E-state index contributed by atoms with van der Waals surface area (Å²) < 4.78 is 21.0. The summed E-state index contributed by atoms with van der Waals surface area (Å²) in [5.74, 6) is 0.771. The van der Waals surface area contributed by atoms with Crippen LogP contribution in [0.2, 0.25) is 0 Å². The molecule has 0 N–H and O–H groups in total. The maximum atomic E-state index is 13.4. The van der Waals surface area contributed by atoms with Crippen LogP contribution in [0.1, 0.15) is 5.56 Å². The minimum atomic E-state index is -0.529. The number of thiocarbonyl (C=S) groups is 1. The lowest BCUT2D eigenvalue weighted by Gasteiger charge is -2.19. The SMILES string of the molecule is C=CCOc1ccc(/C=C2/C(=O)N(c3ccc(OC)cc3)C(=S)N2CC(=O)OC)cc1OC. The van der Waals surface area contributed by atoms with E-state index < -0.39 is 5.97 Å². The molecule has 2 aromatic carbocycles. The van der Waals surface area contributed by atoms with Crippen molar-refractivity contribution in [2.24, 2.45) is 0 Å². The van der Waals surface area contributed by atoms with E-state index in [9.17, 15) is 9.59 Å². The van der Waals surface area contributed by atoms with Crippen molar-refractivity contribution in [1.82, 2.24) is 4.90 Å². The molecule has 33 heavy (non-hydrogen) atoms. The number of benzene rings is 2. The molecule has 1 heterocycles. The zero-order valence-corrected chi connectivity index (χ0v) is 19.4. The van der Waals surface area contributed by atoms with E-state index in [0.717, 1.165) is 0 Å². The first kappa shape index (κ1) is 23.8. The summed E-state index contributed by atoms with van der Waals surface area (Å²) in [5.41, 5.74) is 1.44. The van der Waals surface area contributed by atoms with E-state index in [0.29, 0.717) is 35.1 Å². The van der Waals surface area contributed by atoms with Gasteiger partial charge in [0.2, 0.25) is 0 Å². The van der Waals surface area contributed by atoms with Crippen molar-refractivity contribution in [3.63, 3.8) is 0 Å². The Morgan fingerprint density at radius 2 is 1.79 bits per heavy atom. The molecule has 0 spiro atoms. The number of esters is 1. The number of nitrogens with zero attached hydrogens (tertiary/aromatic N) is 2. The Morgan fingerprint density at radius 3 is 2.39 bits per heavy atom. The summed E-state index contributed by atoms with van der Waals surface area (Å²) >= 11 is 5.56. The Hall–Kier alpha value is -3.85. The predicted molar refractivity (Wildman–Crippen MR) is 128 cm³/mol. The minimum absolute atomic E-state index is 0.166. The van der Waals surface area contributed by atoms with Gasteiger partial charge in [0.1, 0.15) is 24.6 Å². The maximum Gasteiger partial charge on any atom is 0.325 e. The molecule has 9 heteroatoms. The van der Waals surface area contributed by atoms with Crippen molar-refractivity contribution in [3.8, 4) is 17.2 Å². The standard InChI is InChI=1S/C24H24N2O6S/c1-5-12-32-20-11-6-16(14-21(20)30-3)13-19-23(28)26(17-7-9-18(29-2)10-8-17)24(33)25(19)15-22(27)31-4/h5-11,13-14H,1,12,15H2,2-4H3/b19-13-. The Morgan fingerprint density at radius 1 is 1.06 bits per heavy atom. The molecule has 0 aromatic heterocycles. The van der Waals surface area contributed by atoms with Gasteiger partial charge in [0.05, 0.1) is 27.0 Å². The summed E-state index contributed by atoms with van der Waals surface area (Å²) in [6.07, 6.45) is 3.27. The van der Waals surface area contributed by atoms with E-state index >= 15 is 0 Å². The zero-order chi connectivity index (χ0) is 24.0. The van der Waals surface area contributed by atoms with Crippen LogP contribution in [-0.4, -0.2) is 56.4 Å². The second-order valence-corrected chi connectivity index (χ2v) is 7.19. The molecular formula is C24H24N2O6S. The summed E-state index contributed by atoms with van der Waals surface area (Å²) in [4.78, 5) is 28.3. The number of methoxy groups -OCH3 is 3. The number of anilines is 1. The molecule has 1 fully saturated rings. The van der Waals surface area contributed by atoms with E-state index in [4.69, 9.17) is 31.2 Å². The Kier molecular flexibility index (Phi) is 7.68. The van der Waals surface area contributed by atoms with Crippen LogP contribution in [0, 0.1) is 0 Å². The normalized spacial score (nSPS) is 14.5. The van der Waals surface area contributed by atoms with Gasteiger partial charge in [-0.05, 0) is 60.3 Å². The first-order chi connectivity index (χ1) is 15.9. The van der Waals surface area contributed by atoms with Gasteiger partial charge in [-0.15, -0.1) is 0 Å². The second kappa shape index (κ2) is 10.6. The van der Waals surface area contributed by atoms with Crippen LogP contribution >= 0.6 is 12.2 Å². The van der Waals surface area contributed by atoms with Gasteiger partial charge in [-0.1, -0.05) is 18.7 Å². The third-order valence-electron chi connectivity index (χ3n) is 4.83. The molecule has 1 aliphatic heterocycles. The number of carbonyl (C=O) groups excluding carboxylic acids is 2. The van der Waals surface area contributed by atoms with E-state index in [1.54, 1.807) is 61.7 Å². The van der Waals surface area contributed by atoms with Gasteiger partial charge in [0.25, 0.3) is 5.91 Å². The lowest BCUT2D eigenvalue weighted by atomic mass is 10.1. The third-order valence-corrected chi connectivity index (χ3v) is 5.23. The predicted octanol–water partition coefficient (Wildman–Crippen LogP) is 3.42. The molecule has 1 aliphatic rings. The third kappa shape index (κ3) is 5.15. The van der Waals surface area contributed by atoms with Crippen LogP contribution in [0.25, 0.3) is 6.08 Å². The van der Waals surface area contributed by atoms with Gasteiger partial charge in [-0.25, -0.2) is 0 Å². The Bertz CT molecular complexity index is 1100. The molecule has 0 aliphatic carbocycles. The molecule has 2 aromatic rings. The molecule has 1 amide bonds. The number of hydrogen-bond acceptors (Lipinski definition) is 7. The molecule has 1 saturated heterocycles.